The Hall–Kier alpha value is -2.48. The van der Waals surface area contributed by atoms with Crippen LogP contribution < -0.4 is 0 Å². The molecule has 0 aliphatic carbocycles. The molecule has 0 aromatic heterocycles. The average molecular weight is 354 g/mol. The topological polar surface area (TPSA) is 98.2 Å². The molecule has 1 atom stereocenters. The van der Waals surface area contributed by atoms with Gasteiger partial charge in [0.2, 0.25) is 0 Å². The maximum Gasteiger partial charge on any atom is 0.414 e. The zero-order valence-corrected chi connectivity index (χ0v) is 14.3. The quantitative estimate of drug-likeness (QED) is 0.799. The molecule has 1 unspecified atom stereocenters. The van der Waals surface area contributed by atoms with Gasteiger partial charge >= 0.3 is 11.9 Å². The summed E-state index contributed by atoms with van der Waals surface area (Å²) < 4.78 is 13.6. The first kappa shape index (κ1) is 20.6. The second kappa shape index (κ2) is 9.73. The van der Waals surface area contributed by atoms with E-state index < -0.39 is 17.8 Å². The third kappa shape index (κ3) is 6.15. The average Bonchev–Trinajstić information content (AvgIpc) is 2.61. The molecule has 1 aromatic rings. The van der Waals surface area contributed by atoms with Crippen molar-refractivity contribution in [3.8, 4) is 0 Å². The van der Waals surface area contributed by atoms with Crippen molar-refractivity contribution in [2.24, 2.45) is 0 Å². The molecule has 1 amide bonds. The normalized spacial score (nSPS) is 15.7. The van der Waals surface area contributed by atoms with Crippen LogP contribution in [0, 0.1) is 5.82 Å². The first-order valence-electron chi connectivity index (χ1n) is 8.02. The summed E-state index contributed by atoms with van der Waals surface area (Å²) in [6, 6.07) is 6.74. The maximum atomic E-state index is 13.6. The minimum atomic E-state index is -1.82. The Balaban J connectivity index is 0.000000450. The molecule has 0 bridgehead atoms. The van der Waals surface area contributed by atoms with Crippen LogP contribution in [0.3, 0.4) is 0 Å². The summed E-state index contributed by atoms with van der Waals surface area (Å²) >= 11 is 0. The largest absolute Gasteiger partial charge is 0.473 e. The first-order chi connectivity index (χ1) is 11.8. The minimum absolute atomic E-state index is 0.180. The number of nitrogens with zero attached hydrogens (tertiary/aromatic N) is 2. The number of carboxylic acid groups (broad SMARTS) is 2. The van der Waals surface area contributed by atoms with Gasteiger partial charge < -0.3 is 15.1 Å². The molecule has 0 saturated carbocycles. The second-order valence-corrected chi connectivity index (χ2v) is 5.68. The molecule has 1 aromatic carbocycles. The monoisotopic (exact) mass is 354 g/mol. The maximum absolute atomic E-state index is 13.6. The van der Waals surface area contributed by atoms with Gasteiger partial charge in [0, 0.05) is 32.2 Å². The van der Waals surface area contributed by atoms with Gasteiger partial charge in [0.15, 0.2) is 0 Å². The first-order valence-corrected chi connectivity index (χ1v) is 8.02. The van der Waals surface area contributed by atoms with E-state index in [-0.39, 0.29) is 11.5 Å². The smallest absolute Gasteiger partial charge is 0.414 e. The zero-order valence-electron chi connectivity index (χ0n) is 14.3. The molecule has 1 fully saturated rings. The van der Waals surface area contributed by atoms with Gasteiger partial charge in [0.05, 0.1) is 5.56 Å². The highest BCUT2D eigenvalue weighted by molar-refractivity contribution is 6.27. The second-order valence-electron chi connectivity index (χ2n) is 5.68. The van der Waals surface area contributed by atoms with E-state index in [1.807, 2.05) is 0 Å². The van der Waals surface area contributed by atoms with Crippen molar-refractivity contribution in [1.29, 1.82) is 0 Å². The van der Waals surface area contributed by atoms with E-state index in [2.05, 4.69) is 18.7 Å². The van der Waals surface area contributed by atoms with Gasteiger partial charge in [-0.2, -0.15) is 0 Å². The van der Waals surface area contributed by atoms with E-state index in [9.17, 15) is 9.18 Å². The molecule has 1 heterocycles. The van der Waals surface area contributed by atoms with Crippen molar-refractivity contribution >= 4 is 17.8 Å². The number of halogens is 1. The highest BCUT2D eigenvalue weighted by Gasteiger charge is 2.25. The van der Waals surface area contributed by atoms with Gasteiger partial charge in [0.1, 0.15) is 5.82 Å². The fourth-order valence-electron chi connectivity index (χ4n) is 2.43. The third-order valence-electron chi connectivity index (χ3n) is 4.10. The summed E-state index contributed by atoms with van der Waals surface area (Å²) in [5, 5.41) is 14.8. The van der Waals surface area contributed by atoms with Crippen molar-refractivity contribution in [3.63, 3.8) is 0 Å². The number of piperazine rings is 1. The van der Waals surface area contributed by atoms with Crippen molar-refractivity contribution in [2.75, 3.05) is 26.2 Å². The number of amides is 1. The minimum Gasteiger partial charge on any atom is -0.473 e. The molecule has 0 spiro atoms. The lowest BCUT2D eigenvalue weighted by atomic mass is 10.1. The van der Waals surface area contributed by atoms with E-state index in [1.54, 1.807) is 23.1 Å². The molecule has 8 heteroatoms. The van der Waals surface area contributed by atoms with Crippen molar-refractivity contribution in [2.45, 2.75) is 26.3 Å². The lowest BCUT2D eigenvalue weighted by molar-refractivity contribution is -0.159. The van der Waals surface area contributed by atoms with Crippen LogP contribution >= 0.6 is 0 Å². The lowest BCUT2D eigenvalue weighted by Crippen LogP contribution is -2.51. The van der Waals surface area contributed by atoms with Gasteiger partial charge in [-0.05, 0) is 25.5 Å². The molecule has 0 radical (unpaired) electrons. The van der Waals surface area contributed by atoms with Crippen molar-refractivity contribution in [1.82, 2.24) is 9.80 Å². The van der Waals surface area contributed by atoms with E-state index in [0.29, 0.717) is 19.1 Å². The van der Waals surface area contributed by atoms with Crippen LogP contribution in [-0.4, -0.2) is 70.1 Å². The Labute approximate surface area is 145 Å². The SMILES string of the molecule is CCC(C)N1CCN(C(=O)c2ccccc2F)CC1.O=C(O)C(=O)O. The summed E-state index contributed by atoms with van der Waals surface area (Å²) in [4.78, 5) is 34.6. The number of hydrogen-bond acceptors (Lipinski definition) is 4. The molecule has 2 N–H and O–H groups in total. The van der Waals surface area contributed by atoms with Gasteiger partial charge in [-0.15, -0.1) is 0 Å². The lowest BCUT2D eigenvalue weighted by Gasteiger charge is -2.37. The number of aliphatic carboxylic acids is 2. The van der Waals surface area contributed by atoms with Crippen LogP contribution in [0.1, 0.15) is 30.6 Å². The van der Waals surface area contributed by atoms with Crippen LogP contribution in [0.2, 0.25) is 0 Å². The van der Waals surface area contributed by atoms with Gasteiger partial charge in [-0.3, -0.25) is 9.69 Å². The predicted octanol–water partition coefficient (Wildman–Crippen LogP) is 1.54. The Morgan fingerprint density at radius 1 is 1.08 bits per heavy atom. The molecule has 7 nitrogen and oxygen atoms in total. The summed E-state index contributed by atoms with van der Waals surface area (Å²) in [6.45, 7) is 7.47. The molecule has 1 aliphatic heterocycles. The number of carbonyl (C=O) groups excluding carboxylic acids is 1. The van der Waals surface area contributed by atoms with E-state index >= 15 is 0 Å². The highest BCUT2D eigenvalue weighted by atomic mass is 19.1. The number of carboxylic acids is 2. The molecule has 138 valence electrons. The number of rotatable bonds is 3. The fraction of sp³-hybridized carbons (Fsp3) is 0.471. The summed E-state index contributed by atoms with van der Waals surface area (Å²) in [7, 11) is 0. The standard InChI is InChI=1S/C15H21FN2O.C2H2O4/c1-3-12(2)17-8-10-18(11-9-17)15(19)13-6-4-5-7-14(13)16;3-1(4)2(5)6/h4-7,12H,3,8-11H2,1-2H3;(H,3,4)(H,5,6). The van der Waals surface area contributed by atoms with Gasteiger partial charge in [-0.1, -0.05) is 19.1 Å². The molecular formula is C17H23FN2O5. The summed E-state index contributed by atoms with van der Waals surface area (Å²) in [5.41, 5.74) is 0.180. The van der Waals surface area contributed by atoms with Crippen LogP contribution in [-0.2, 0) is 9.59 Å². The van der Waals surface area contributed by atoms with Gasteiger partial charge in [0.25, 0.3) is 5.91 Å². The van der Waals surface area contributed by atoms with Crippen LogP contribution in [0.5, 0.6) is 0 Å². The number of carbonyl (C=O) groups is 3. The molecule has 25 heavy (non-hydrogen) atoms. The van der Waals surface area contributed by atoms with Crippen LogP contribution in [0.25, 0.3) is 0 Å². The number of hydrogen-bond donors (Lipinski definition) is 2. The Morgan fingerprint density at radius 3 is 2.04 bits per heavy atom. The van der Waals surface area contributed by atoms with Crippen LogP contribution in [0.4, 0.5) is 4.39 Å². The summed E-state index contributed by atoms with van der Waals surface area (Å²) in [6.07, 6.45) is 1.11. The van der Waals surface area contributed by atoms with E-state index in [0.717, 1.165) is 19.5 Å². The Morgan fingerprint density at radius 2 is 1.60 bits per heavy atom. The Bertz CT molecular complexity index is 603. The predicted molar refractivity (Wildman–Crippen MR) is 88.9 cm³/mol. The van der Waals surface area contributed by atoms with Gasteiger partial charge in [-0.25, -0.2) is 14.0 Å². The molecule has 1 aliphatic rings. The fourth-order valence-corrected chi connectivity index (χ4v) is 2.43. The molecular weight excluding hydrogens is 331 g/mol. The number of benzene rings is 1. The highest BCUT2D eigenvalue weighted by Crippen LogP contribution is 2.14. The van der Waals surface area contributed by atoms with Crippen molar-refractivity contribution < 1.29 is 29.0 Å². The summed E-state index contributed by atoms with van der Waals surface area (Å²) in [5.74, 6) is -4.27. The van der Waals surface area contributed by atoms with Crippen LogP contribution in [0.15, 0.2) is 24.3 Å². The third-order valence-corrected chi connectivity index (χ3v) is 4.10. The van der Waals surface area contributed by atoms with E-state index in [1.165, 1.54) is 6.07 Å². The molecule has 1 saturated heterocycles. The van der Waals surface area contributed by atoms with E-state index in [4.69, 9.17) is 19.8 Å². The Kier molecular flexibility index (Phi) is 8.00. The zero-order chi connectivity index (χ0) is 19.0. The molecule has 2 rings (SSSR count). The van der Waals surface area contributed by atoms with Crippen molar-refractivity contribution in [3.05, 3.63) is 35.6 Å².